The van der Waals surface area contributed by atoms with Gasteiger partial charge < -0.3 is 5.11 Å². The molecule has 2 rings (SSSR count). The fourth-order valence-corrected chi connectivity index (χ4v) is 3.03. The van der Waals surface area contributed by atoms with Gasteiger partial charge in [0.05, 0.1) is 6.10 Å². The van der Waals surface area contributed by atoms with Crippen LogP contribution < -0.4 is 0 Å². The molecule has 112 valence electrons. The Morgan fingerprint density at radius 3 is 2.55 bits per heavy atom. The van der Waals surface area contributed by atoms with Crippen molar-refractivity contribution in [2.45, 2.75) is 51.2 Å². The van der Waals surface area contributed by atoms with Gasteiger partial charge >= 0.3 is 0 Å². The van der Waals surface area contributed by atoms with Gasteiger partial charge in [0.25, 0.3) is 0 Å². The van der Waals surface area contributed by atoms with E-state index in [9.17, 15) is 13.9 Å². The average molecular weight is 283 g/mol. The van der Waals surface area contributed by atoms with Gasteiger partial charge in [0, 0.05) is 12.0 Å². The summed E-state index contributed by atoms with van der Waals surface area (Å²) in [5.41, 5.74) is -0.133. The molecule has 1 N–H and O–H groups in total. The molecule has 0 saturated carbocycles. The summed E-state index contributed by atoms with van der Waals surface area (Å²) in [6.07, 6.45) is 2.49. The van der Waals surface area contributed by atoms with Gasteiger partial charge in [0.2, 0.25) is 0 Å². The fraction of sp³-hybridized carbons (Fsp3) is 0.625. The number of hydrogen-bond acceptors (Lipinski definition) is 2. The molecule has 0 bridgehead atoms. The molecule has 1 heterocycles. The zero-order valence-corrected chi connectivity index (χ0v) is 12.2. The largest absolute Gasteiger partial charge is 0.391 e. The highest BCUT2D eigenvalue weighted by Crippen LogP contribution is 2.30. The Morgan fingerprint density at radius 1 is 1.30 bits per heavy atom. The highest BCUT2D eigenvalue weighted by molar-refractivity contribution is 5.20. The Balaban J connectivity index is 2.16. The highest BCUT2D eigenvalue weighted by Gasteiger charge is 2.38. The molecule has 2 nitrogen and oxygen atoms in total. The van der Waals surface area contributed by atoms with Crippen molar-refractivity contribution in [1.82, 2.24) is 4.90 Å². The second-order valence-electron chi connectivity index (χ2n) is 5.86. The van der Waals surface area contributed by atoms with Crippen molar-refractivity contribution in [2.75, 3.05) is 13.1 Å². The predicted molar refractivity (Wildman–Crippen MR) is 75.6 cm³/mol. The molecular formula is C16H23F2NO. The molecular weight excluding hydrogens is 260 g/mol. The number of likely N-dealkylation sites (tertiary alicyclic amines) is 1. The number of hydrogen-bond donors (Lipinski definition) is 1. The molecule has 0 amide bonds. The van der Waals surface area contributed by atoms with E-state index in [2.05, 4.69) is 4.90 Å². The van der Waals surface area contributed by atoms with Gasteiger partial charge in [-0.3, -0.25) is 4.90 Å². The van der Waals surface area contributed by atoms with E-state index in [1.54, 1.807) is 0 Å². The molecule has 1 aliphatic heterocycles. The van der Waals surface area contributed by atoms with Gasteiger partial charge in [-0.05, 0) is 63.0 Å². The number of rotatable bonds is 5. The molecule has 20 heavy (non-hydrogen) atoms. The van der Waals surface area contributed by atoms with Gasteiger partial charge in [-0.2, -0.15) is 0 Å². The van der Waals surface area contributed by atoms with Gasteiger partial charge in [0.15, 0.2) is 0 Å². The van der Waals surface area contributed by atoms with Crippen molar-refractivity contribution in [3.63, 3.8) is 0 Å². The van der Waals surface area contributed by atoms with Crippen LogP contribution in [0.15, 0.2) is 18.2 Å². The van der Waals surface area contributed by atoms with Crippen LogP contribution in [0.4, 0.5) is 8.78 Å². The lowest BCUT2D eigenvalue weighted by Crippen LogP contribution is -2.53. The summed E-state index contributed by atoms with van der Waals surface area (Å²) in [6, 6.07) is 3.40. The molecule has 1 aromatic carbocycles. The summed E-state index contributed by atoms with van der Waals surface area (Å²) in [6.45, 7) is 5.98. The van der Waals surface area contributed by atoms with E-state index in [1.807, 2.05) is 13.8 Å². The third-order valence-electron chi connectivity index (χ3n) is 4.68. The molecule has 1 saturated heterocycles. The number of nitrogens with zero attached hydrogens (tertiary/aromatic N) is 1. The first kappa shape index (κ1) is 15.4. The van der Waals surface area contributed by atoms with Crippen LogP contribution in [0, 0.1) is 11.6 Å². The van der Waals surface area contributed by atoms with E-state index in [4.69, 9.17) is 0 Å². The zero-order valence-electron chi connectivity index (χ0n) is 12.2. The lowest BCUT2D eigenvalue weighted by Gasteiger charge is -2.42. The van der Waals surface area contributed by atoms with Gasteiger partial charge in [0.1, 0.15) is 11.6 Å². The number of benzene rings is 1. The smallest absolute Gasteiger partial charge is 0.126 e. The van der Waals surface area contributed by atoms with Gasteiger partial charge in [-0.15, -0.1) is 0 Å². The minimum atomic E-state index is -0.707. The van der Waals surface area contributed by atoms with Crippen LogP contribution in [0.5, 0.6) is 0 Å². The zero-order chi connectivity index (χ0) is 14.8. The van der Waals surface area contributed by atoms with Gasteiger partial charge in [-0.1, -0.05) is 6.92 Å². The molecule has 2 unspecified atom stereocenters. The topological polar surface area (TPSA) is 23.5 Å². The van der Waals surface area contributed by atoms with Crippen molar-refractivity contribution >= 4 is 0 Å². The third kappa shape index (κ3) is 3.01. The Morgan fingerprint density at radius 2 is 1.95 bits per heavy atom. The van der Waals surface area contributed by atoms with Crippen molar-refractivity contribution < 1.29 is 13.9 Å². The molecule has 2 atom stereocenters. The van der Waals surface area contributed by atoms with Crippen LogP contribution >= 0.6 is 0 Å². The summed E-state index contributed by atoms with van der Waals surface area (Å²) >= 11 is 0. The second kappa shape index (κ2) is 6.19. The Hall–Kier alpha value is -1.00. The number of halogens is 2. The molecule has 0 aromatic heterocycles. The minimum Gasteiger partial charge on any atom is -0.391 e. The Bertz CT molecular complexity index is 460. The normalized spacial score (nSPS) is 20.9. The minimum absolute atomic E-state index is 0.143. The molecule has 1 aromatic rings. The second-order valence-corrected chi connectivity index (χ2v) is 5.86. The van der Waals surface area contributed by atoms with E-state index >= 15 is 0 Å². The Kier molecular flexibility index (Phi) is 4.76. The lowest BCUT2D eigenvalue weighted by molar-refractivity contribution is -0.0121. The standard InChI is InChI=1S/C16H23F2NO/c1-3-16(2,19-8-4-5-9-19)15(20)11-12-10-13(17)6-7-14(12)18/h6-7,10,15,20H,3-5,8-9,11H2,1-2H3. The van der Waals surface area contributed by atoms with Gasteiger partial charge in [-0.25, -0.2) is 8.78 Å². The SMILES string of the molecule is CCC(C)(C(O)Cc1cc(F)ccc1F)N1CCCC1. The van der Waals surface area contributed by atoms with E-state index in [0.717, 1.165) is 44.5 Å². The van der Waals surface area contributed by atoms with Crippen LogP contribution in [0.25, 0.3) is 0 Å². The maximum absolute atomic E-state index is 13.7. The van der Waals surface area contributed by atoms with Crippen LogP contribution in [0.2, 0.25) is 0 Å². The van der Waals surface area contributed by atoms with E-state index in [-0.39, 0.29) is 17.5 Å². The van der Waals surface area contributed by atoms with E-state index < -0.39 is 17.7 Å². The molecule has 0 aliphatic carbocycles. The summed E-state index contributed by atoms with van der Waals surface area (Å²) in [5, 5.41) is 10.6. The number of aliphatic hydroxyl groups excluding tert-OH is 1. The van der Waals surface area contributed by atoms with Crippen molar-refractivity contribution in [3.8, 4) is 0 Å². The first-order valence-electron chi connectivity index (χ1n) is 7.34. The molecule has 4 heteroatoms. The van der Waals surface area contributed by atoms with E-state index in [1.165, 1.54) is 6.07 Å². The number of aliphatic hydroxyl groups is 1. The molecule has 0 spiro atoms. The quantitative estimate of drug-likeness (QED) is 0.897. The molecule has 0 radical (unpaired) electrons. The Labute approximate surface area is 119 Å². The van der Waals surface area contributed by atoms with Crippen LogP contribution in [0.3, 0.4) is 0 Å². The molecule has 1 aliphatic rings. The predicted octanol–water partition coefficient (Wildman–Crippen LogP) is 3.13. The van der Waals surface area contributed by atoms with E-state index in [0.29, 0.717) is 0 Å². The summed E-state index contributed by atoms with van der Waals surface area (Å²) < 4.78 is 26.9. The summed E-state index contributed by atoms with van der Waals surface area (Å²) in [7, 11) is 0. The summed E-state index contributed by atoms with van der Waals surface area (Å²) in [5.74, 6) is -0.918. The first-order chi connectivity index (χ1) is 9.47. The fourth-order valence-electron chi connectivity index (χ4n) is 3.03. The first-order valence-corrected chi connectivity index (χ1v) is 7.34. The average Bonchev–Trinajstić information content (AvgIpc) is 2.96. The third-order valence-corrected chi connectivity index (χ3v) is 4.68. The maximum atomic E-state index is 13.7. The highest BCUT2D eigenvalue weighted by atomic mass is 19.1. The van der Waals surface area contributed by atoms with Crippen molar-refractivity contribution in [1.29, 1.82) is 0 Å². The van der Waals surface area contributed by atoms with Crippen molar-refractivity contribution in [3.05, 3.63) is 35.4 Å². The van der Waals surface area contributed by atoms with Crippen LogP contribution in [0.1, 0.15) is 38.7 Å². The van der Waals surface area contributed by atoms with Crippen LogP contribution in [-0.4, -0.2) is 34.7 Å². The lowest BCUT2D eigenvalue weighted by atomic mass is 9.86. The molecule has 1 fully saturated rings. The summed E-state index contributed by atoms with van der Waals surface area (Å²) in [4.78, 5) is 2.27. The maximum Gasteiger partial charge on any atom is 0.126 e. The van der Waals surface area contributed by atoms with Crippen molar-refractivity contribution in [2.24, 2.45) is 0 Å². The van der Waals surface area contributed by atoms with Crippen LogP contribution in [-0.2, 0) is 6.42 Å². The monoisotopic (exact) mass is 283 g/mol.